The summed E-state index contributed by atoms with van der Waals surface area (Å²) in [6, 6.07) is -1.61. The summed E-state index contributed by atoms with van der Waals surface area (Å²) in [7, 11) is 0. The van der Waals surface area contributed by atoms with Crippen LogP contribution in [0, 0.1) is 17.3 Å². The Hall–Kier alpha value is -2.19. The molecule has 0 aromatic carbocycles. The van der Waals surface area contributed by atoms with Gasteiger partial charge in [-0.2, -0.15) is 0 Å². The van der Waals surface area contributed by atoms with E-state index in [0.29, 0.717) is 6.54 Å². The lowest BCUT2D eigenvalue weighted by atomic mass is 9.74. The number of ether oxygens (including phenoxy) is 2. The molecule has 1 unspecified atom stereocenters. The van der Waals surface area contributed by atoms with E-state index in [-0.39, 0.29) is 30.4 Å². The van der Waals surface area contributed by atoms with Gasteiger partial charge in [-0.3, -0.25) is 14.4 Å². The van der Waals surface area contributed by atoms with E-state index in [9.17, 15) is 19.5 Å². The van der Waals surface area contributed by atoms with Crippen molar-refractivity contribution >= 4 is 17.8 Å². The maximum Gasteiger partial charge on any atom is 0.313 e. The molecule has 4 aliphatic rings. The van der Waals surface area contributed by atoms with Gasteiger partial charge in [-0.05, 0) is 45.6 Å². The monoisotopic (exact) mass is 474 g/mol. The Bertz CT molecular complexity index is 949. The van der Waals surface area contributed by atoms with Gasteiger partial charge in [-0.1, -0.05) is 39.0 Å². The second-order valence-corrected chi connectivity index (χ2v) is 12.2. The van der Waals surface area contributed by atoms with Crippen molar-refractivity contribution in [2.45, 2.75) is 83.7 Å². The number of aliphatic hydroxyl groups excluding tert-OH is 1. The lowest BCUT2D eigenvalue weighted by molar-refractivity contribution is -0.161. The summed E-state index contributed by atoms with van der Waals surface area (Å²) < 4.78 is 12.0. The molecule has 2 saturated heterocycles. The van der Waals surface area contributed by atoms with Gasteiger partial charge < -0.3 is 24.4 Å². The Morgan fingerprint density at radius 3 is 2.38 bits per heavy atom. The average molecular weight is 475 g/mol. The third-order valence-corrected chi connectivity index (χ3v) is 7.68. The molecule has 8 heteroatoms. The van der Waals surface area contributed by atoms with Crippen LogP contribution in [-0.4, -0.2) is 81.3 Å². The number of carbonyl (C=O) groups excluding carboxylic acids is 3. The maximum absolute atomic E-state index is 14.3. The highest BCUT2D eigenvalue weighted by Crippen LogP contribution is 2.58. The first-order chi connectivity index (χ1) is 15.7. The zero-order valence-corrected chi connectivity index (χ0v) is 21.3. The van der Waals surface area contributed by atoms with Gasteiger partial charge in [-0.15, -0.1) is 0 Å². The number of esters is 1. The molecule has 0 saturated carbocycles. The van der Waals surface area contributed by atoms with Crippen LogP contribution in [0.1, 0.15) is 54.9 Å². The highest BCUT2D eigenvalue weighted by molar-refractivity contribution is 5.99. The van der Waals surface area contributed by atoms with Crippen molar-refractivity contribution in [1.29, 1.82) is 0 Å². The Kier molecular flexibility index (Phi) is 5.80. The van der Waals surface area contributed by atoms with Crippen molar-refractivity contribution in [3.05, 3.63) is 24.3 Å². The number of aliphatic hydroxyl groups is 1. The number of carbonyl (C=O) groups is 3. The van der Waals surface area contributed by atoms with Gasteiger partial charge in [0.1, 0.15) is 24.2 Å². The van der Waals surface area contributed by atoms with E-state index < -0.39 is 46.6 Å². The number of amides is 2. The van der Waals surface area contributed by atoms with Gasteiger partial charge in [0.05, 0.1) is 24.2 Å². The van der Waals surface area contributed by atoms with Gasteiger partial charge in [0.25, 0.3) is 0 Å². The topological polar surface area (TPSA) is 96.4 Å². The highest BCUT2D eigenvalue weighted by atomic mass is 16.6. The molecule has 2 amide bonds. The van der Waals surface area contributed by atoms with E-state index in [0.717, 1.165) is 6.42 Å². The first-order valence-corrected chi connectivity index (χ1v) is 12.2. The molecule has 2 fully saturated rings. The van der Waals surface area contributed by atoms with Crippen LogP contribution in [0.15, 0.2) is 24.3 Å². The van der Waals surface area contributed by atoms with Crippen molar-refractivity contribution in [3.63, 3.8) is 0 Å². The Morgan fingerprint density at radius 1 is 1.09 bits per heavy atom. The minimum atomic E-state index is -1.33. The Balaban J connectivity index is 1.86. The predicted octanol–water partition coefficient (Wildman–Crippen LogP) is 2.06. The van der Waals surface area contributed by atoms with Crippen LogP contribution in [0.4, 0.5) is 0 Å². The lowest BCUT2D eigenvalue weighted by Crippen LogP contribution is -2.61. The zero-order valence-electron chi connectivity index (χ0n) is 21.3. The molecule has 1 N–H and O–H groups in total. The number of hydrogen-bond donors (Lipinski definition) is 1. The molecule has 0 aromatic heterocycles. The fourth-order valence-electron chi connectivity index (χ4n) is 6.79. The summed E-state index contributed by atoms with van der Waals surface area (Å²) in [5, 5.41) is 10.00. The SMILES string of the molecule is C[C@H](CO)N1C(=O)[C@@H]2[C@@H]3C(=O)OCC=C[C@]3(C)O[C@@]23C=CCN(C(C)(C)CC(C)(C)C)C(=O)C13. The summed E-state index contributed by atoms with van der Waals surface area (Å²) in [5.74, 6) is -2.90. The highest BCUT2D eigenvalue weighted by Gasteiger charge is 2.75. The van der Waals surface area contributed by atoms with E-state index in [2.05, 4.69) is 20.8 Å². The number of rotatable bonds is 4. The van der Waals surface area contributed by atoms with Crippen LogP contribution >= 0.6 is 0 Å². The largest absolute Gasteiger partial charge is 0.461 e. The second kappa shape index (κ2) is 7.92. The van der Waals surface area contributed by atoms with Crippen molar-refractivity contribution in [2.24, 2.45) is 17.3 Å². The number of likely N-dealkylation sites (tertiary alicyclic amines) is 1. The molecular weight excluding hydrogens is 436 g/mol. The third kappa shape index (κ3) is 3.61. The molecule has 0 radical (unpaired) electrons. The van der Waals surface area contributed by atoms with Crippen LogP contribution in [-0.2, 0) is 23.9 Å². The molecule has 34 heavy (non-hydrogen) atoms. The minimum Gasteiger partial charge on any atom is -0.461 e. The van der Waals surface area contributed by atoms with Crippen molar-refractivity contribution in [1.82, 2.24) is 9.80 Å². The van der Waals surface area contributed by atoms with Crippen LogP contribution in [0.2, 0.25) is 0 Å². The van der Waals surface area contributed by atoms with Gasteiger partial charge in [0.15, 0.2) is 0 Å². The minimum absolute atomic E-state index is 0.0251. The summed E-state index contributed by atoms with van der Waals surface area (Å²) in [6.07, 6.45) is 7.96. The first kappa shape index (κ1) is 24.9. The van der Waals surface area contributed by atoms with Crippen molar-refractivity contribution in [2.75, 3.05) is 19.8 Å². The Labute approximate surface area is 201 Å². The molecule has 1 spiro atoms. The second-order valence-electron chi connectivity index (χ2n) is 12.2. The average Bonchev–Trinajstić information content (AvgIpc) is 2.96. The first-order valence-electron chi connectivity index (χ1n) is 12.2. The molecule has 8 nitrogen and oxygen atoms in total. The van der Waals surface area contributed by atoms with Crippen LogP contribution < -0.4 is 0 Å². The molecule has 188 valence electrons. The van der Waals surface area contributed by atoms with E-state index in [1.165, 1.54) is 4.90 Å². The number of fused-ring (bicyclic) bond motifs is 2. The van der Waals surface area contributed by atoms with Crippen molar-refractivity contribution < 1.29 is 29.0 Å². The van der Waals surface area contributed by atoms with Gasteiger partial charge in [0.2, 0.25) is 11.8 Å². The third-order valence-electron chi connectivity index (χ3n) is 7.68. The summed E-state index contributed by atoms with van der Waals surface area (Å²) in [5.41, 5.74) is -2.93. The van der Waals surface area contributed by atoms with E-state index in [1.807, 2.05) is 30.9 Å². The smallest absolute Gasteiger partial charge is 0.313 e. The molecule has 6 atom stereocenters. The van der Waals surface area contributed by atoms with Crippen LogP contribution in [0.5, 0.6) is 0 Å². The summed E-state index contributed by atoms with van der Waals surface area (Å²) in [6.45, 7) is 14.2. The fraction of sp³-hybridized carbons (Fsp3) is 0.731. The standard InChI is InChI=1S/C26H38N2O6/c1-16(14-29)28-19-21(31)27(24(5,6)15-23(2,3)4)12-8-11-26(19)17(20(28)30)18-22(32)33-13-9-10-25(18,7)34-26/h8-11,16-19,29H,12-15H2,1-7H3/t16-,17+,18-,19?,25+,26+/m1/s1. The van der Waals surface area contributed by atoms with Gasteiger partial charge >= 0.3 is 5.97 Å². The number of cyclic esters (lactones) is 1. The molecule has 0 aromatic rings. The van der Waals surface area contributed by atoms with Gasteiger partial charge in [-0.25, -0.2) is 0 Å². The number of hydrogen-bond acceptors (Lipinski definition) is 6. The van der Waals surface area contributed by atoms with Crippen LogP contribution in [0.3, 0.4) is 0 Å². The number of nitrogens with zero attached hydrogens (tertiary/aromatic N) is 2. The molecule has 0 bridgehead atoms. The van der Waals surface area contributed by atoms with Crippen LogP contribution in [0.25, 0.3) is 0 Å². The molecule has 4 aliphatic heterocycles. The summed E-state index contributed by atoms with van der Waals surface area (Å²) >= 11 is 0. The Morgan fingerprint density at radius 2 is 1.76 bits per heavy atom. The van der Waals surface area contributed by atoms with E-state index in [4.69, 9.17) is 9.47 Å². The lowest BCUT2D eigenvalue weighted by Gasteiger charge is -2.45. The van der Waals surface area contributed by atoms with Gasteiger partial charge in [0, 0.05) is 12.1 Å². The summed E-state index contributed by atoms with van der Waals surface area (Å²) in [4.78, 5) is 44.6. The van der Waals surface area contributed by atoms with E-state index >= 15 is 0 Å². The molecular formula is C26H38N2O6. The molecule has 4 rings (SSSR count). The molecule has 4 heterocycles. The maximum atomic E-state index is 14.3. The van der Waals surface area contributed by atoms with Crippen molar-refractivity contribution in [3.8, 4) is 0 Å². The quantitative estimate of drug-likeness (QED) is 0.495. The molecule has 0 aliphatic carbocycles. The normalized spacial score (nSPS) is 36.6. The predicted molar refractivity (Wildman–Crippen MR) is 125 cm³/mol. The van der Waals surface area contributed by atoms with E-state index in [1.54, 1.807) is 26.0 Å². The fourth-order valence-corrected chi connectivity index (χ4v) is 6.79. The zero-order chi connectivity index (χ0) is 25.3.